The van der Waals surface area contributed by atoms with E-state index in [4.69, 9.17) is 23.7 Å². The fraction of sp³-hybridized carbons (Fsp3) is 0.827. The Morgan fingerprint density at radius 3 is 0.875 bits per heavy atom. The van der Waals surface area contributed by atoms with Crippen LogP contribution in [-0.4, -0.2) is 26.9 Å². The summed E-state index contributed by atoms with van der Waals surface area (Å²) < 4.78 is 32.6. The third kappa shape index (κ3) is 37.6. The van der Waals surface area contributed by atoms with Gasteiger partial charge in [0.1, 0.15) is 18.1 Å². The van der Waals surface area contributed by atoms with Crippen molar-refractivity contribution in [1.29, 1.82) is 0 Å². The second kappa shape index (κ2) is 44.9. The van der Waals surface area contributed by atoms with E-state index >= 15 is 0 Å². The molecule has 465 valence electrons. The maximum atomic E-state index is 6.88. The maximum Gasteiger partial charge on any atom is 0.203 e. The molecule has 1 radical (unpaired) electrons. The maximum absolute atomic E-state index is 6.88. The van der Waals surface area contributed by atoms with Crippen LogP contribution in [-0.2, 0) is 6.61 Å². The molecule has 0 saturated carbocycles. The van der Waals surface area contributed by atoms with E-state index < -0.39 is 0 Å². The molecule has 2 aromatic rings. The molecule has 0 fully saturated rings. The van der Waals surface area contributed by atoms with E-state index in [-0.39, 0.29) is 0 Å². The van der Waals surface area contributed by atoms with Crippen molar-refractivity contribution in [1.82, 2.24) is 0 Å². The third-order valence-corrected chi connectivity index (χ3v) is 18.1. The van der Waals surface area contributed by atoms with Crippen LogP contribution in [0.2, 0.25) is 0 Å². The van der Waals surface area contributed by atoms with Gasteiger partial charge in [0.15, 0.2) is 11.5 Å². The van der Waals surface area contributed by atoms with Crippen molar-refractivity contribution in [2.24, 2.45) is 71.0 Å². The van der Waals surface area contributed by atoms with Gasteiger partial charge in [-0.2, -0.15) is 0 Å². The fourth-order valence-electron chi connectivity index (χ4n) is 11.9. The lowest BCUT2D eigenvalue weighted by Gasteiger charge is -2.21. The highest BCUT2D eigenvalue weighted by atomic mass is 16.5. The first-order chi connectivity index (χ1) is 38.2. The molecule has 0 aliphatic rings. The summed E-state index contributed by atoms with van der Waals surface area (Å²) in [5.41, 5.74) is 1.82. The highest BCUT2D eigenvalue weighted by molar-refractivity contribution is 5.54. The first-order valence-electron chi connectivity index (χ1n) is 34.4. The molecule has 2 aromatic carbocycles. The minimum atomic E-state index is 0.354. The van der Waals surface area contributed by atoms with Gasteiger partial charge in [0.2, 0.25) is 5.75 Å². The van der Waals surface area contributed by atoms with Crippen molar-refractivity contribution in [3.05, 3.63) is 48.4 Å². The molecule has 0 spiro atoms. The zero-order chi connectivity index (χ0) is 59.1. The number of rotatable bonds is 52. The Bertz CT molecular complexity index is 1700. The summed E-state index contributed by atoms with van der Waals surface area (Å²) in [5, 5.41) is 0. The fourth-order valence-corrected chi connectivity index (χ4v) is 11.9. The number of methoxy groups -OCH3 is 1. The van der Waals surface area contributed by atoms with Gasteiger partial charge in [-0.3, -0.25) is 0 Å². The van der Waals surface area contributed by atoms with E-state index in [1.54, 1.807) is 7.11 Å². The van der Waals surface area contributed by atoms with E-state index in [0.29, 0.717) is 49.9 Å². The Labute approximate surface area is 499 Å². The Hall–Kier alpha value is -2.56. The standard InChI is InChI=1S/C75H135O5/c1-57(2)27-18-30-60(7)33-21-36-63(10)39-24-42-66(13)47-50-77-73-53-70(56-80-72-55-71(76-17)46-45-69(72)16)54-74(78-51-48-67(14)43-25-40-64(11)37-22-34-61(8)31-19-28-58(3)4)75(73)79-52-49-68(15)44-26-41-65(12)38-23-35-62(9)32-20-29-59(5)6/h45-46,53-55,57-68H,16,18-44,47-52,56H2,1-15,17H3/t60-,61-,62-,63-,64-,65-,66?,67?,68?/m1/s1. The van der Waals surface area contributed by atoms with Crippen molar-refractivity contribution in [2.45, 2.75) is 303 Å². The Balaban J connectivity index is 2.15. The van der Waals surface area contributed by atoms with Gasteiger partial charge in [-0.05, 0) is 127 Å². The number of benzene rings is 2. The molecule has 80 heavy (non-hydrogen) atoms. The van der Waals surface area contributed by atoms with Crippen LogP contribution in [0.15, 0.2) is 30.3 Å². The molecule has 0 aliphatic carbocycles. The minimum Gasteiger partial charge on any atom is -0.497 e. The van der Waals surface area contributed by atoms with Crippen LogP contribution >= 0.6 is 0 Å². The van der Waals surface area contributed by atoms with Crippen molar-refractivity contribution >= 4 is 0 Å². The van der Waals surface area contributed by atoms with Gasteiger partial charge in [-0.15, -0.1) is 0 Å². The van der Waals surface area contributed by atoms with Crippen LogP contribution in [0.5, 0.6) is 28.7 Å². The van der Waals surface area contributed by atoms with Crippen LogP contribution in [0, 0.1) is 77.9 Å². The number of hydrogen-bond donors (Lipinski definition) is 0. The molecule has 2 rings (SSSR count). The van der Waals surface area contributed by atoms with E-state index in [1.807, 2.05) is 18.2 Å². The molecule has 0 amide bonds. The Kier molecular flexibility index (Phi) is 41.3. The molecule has 5 heteroatoms. The van der Waals surface area contributed by atoms with Crippen LogP contribution < -0.4 is 23.7 Å². The van der Waals surface area contributed by atoms with Crippen LogP contribution in [0.3, 0.4) is 0 Å². The largest absolute Gasteiger partial charge is 0.497 e. The van der Waals surface area contributed by atoms with Crippen molar-refractivity contribution < 1.29 is 23.7 Å². The average Bonchev–Trinajstić information content (AvgIpc) is 3.38. The second-order valence-electron chi connectivity index (χ2n) is 28.6. The van der Waals surface area contributed by atoms with Crippen LogP contribution in [0.25, 0.3) is 0 Å². The topological polar surface area (TPSA) is 46.2 Å². The van der Waals surface area contributed by atoms with E-state index in [0.717, 1.165) is 107 Å². The third-order valence-electron chi connectivity index (χ3n) is 18.1. The molecular formula is C75H135O5. The van der Waals surface area contributed by atoms with Crippen LogP contribution in [0.1, 0.15) is 308 Å². The summed E-state index contributed by atoms with van der Waals surface area (Å²) in [4.78, 5) is 0. The van der Waals surface area contributed by atoms with Gasteiger partial charge in [0.05, 0.1) is 26.9 Å². The molecule has 0 bridgehead atoms. The molecule has 5 nitrogen and oxygen atoms in total. The summed E-state index contributed by atoms with van der Waals surface area (Å²) in [6.45, 7) is 42.7. The molecule has 0 aliphatic heterocycles. The monoisotopic (exact) mass is 1120 g/mol. The first kappa shape index (κ1) is 73.5. The quantitative estimate of drug-likeness (QED) is 0.0661. The Morgan fingerprint density at radius 1 is 0.312 bits per heavy atom. The molecule has 0 N–H and O–H groups in total. The lowest BCUT2D eigenvalue weighted by atomic mass is 9.91. The summed E-state index contributed by atoms with van der Waals surface area (Å²) >= 11 is 0. The number of ether oxygens (including phenoxy) is 5. The van der Waals surface area contributed by atoms with Gasteiger partial charge in [-0.25, -0.2) is 0 Å². The smallest absolute Gasteiger partial charge is 0.203 e. The zero-order valence-electron chi connectivity index (χ0n) is 56.1. The van der Waals surface area contributed by atoms with Gasteiger partial charge in [0.25, 0.3) is 0 Å². The van der Waals surface area contributed by atoms with Gasteiger partial charge in [-0.1, -0.05) is 283 Å². The van der Waals surface area contributed by atoms with E-state index in [2.05, 4.69) is 123 Å². The molecule has 3 unspecified atom stereocenters. The molecule has 0 saturated heterocycles. The summed E-state index contributed by atoms with van der Waals surface area (Å²) in [7, 11) is 1.69. The van der Waals surface area contributed by atoms with Crippen molar-refractivity contribution in [3.8, 4) is 28.7 Å². The first-order valence-corrected chi connectivity index (χ1v) is 34.4. The summed E-state index contributed by atoms with van der Waals surface area (Å²) in [6.07, 6.45) is 39.4. The SMILES string of the molecule is [CH2]c1ccc(OC)cc1OCc1cc(OCCC(C)CCC[C@H](C)CCC[C@H](C)CCCC(C)C)c(OCCC(C)CCC[C@H](C)CCC[C@H](C)CCCC(C)C)c(OCCC(C)CCC[C@H](C)CCC[C@H](C)CCCC(C)C)c1. The lowest BCUT2D eigenvalue weighted by Crippen LogP contribution is -2.11. The zero-order valence-corrected chi connectivity index (χ0v) is 56.1. The second-order valence-corrected chi connectivity index (χ2v) is 28.6. The molecular weight excluding hydrogens is 981 g/mol. The van der Waals surface area contributed by atoms with Gasteiger partial charge >= 0.3 is 0 Å². The molecule has 9 atom stereocenters. The number of hydrogen-bond acceptors (Lipinski definition) is 5. The summed E-state index contributed by atoms with van der Waals surface area (Å²) in [6, 6.07) is 10.1. The molecule has 0 heterocycles. The average molecular weight is 1120 g/mol. The van der Waals surface area contributed by atoms with Gasteiger partial charge < -0.3 is 23.7 Å². The van der Waals surface area contributed by atoms with Crippen molar-refractivity contribution in [2.75, 3.05) is 26.9 Å². The normalized spacial score (nSPS) is 15.4. The summed E-state index contributed by atoms with van der Waals surface area (Å²) in [5.74, 6) is 13.0. The van der Waals surface area contributed by atoms with Crippen molar-refractivity contribution in [3.63, 3.8) is 0 Å². The Morgan fingerprint density at radius 2 is 0.588 bits per heavy atom. The minimum absolute atomic E-state index is 0.354. The predicted molar refractivity (Wildman–Crippen MR) is 350 cm³/mol. The van der Waals surface area contributed by atoms with Crippen LogP contribution in [0.4, 0.5) is 0 Å². The highest BCUT2D eigenvalue weighted by Crippen LogP contribution is 2.41. The van der Waals surface area contributed by atoms with Gasteiger partial charge in [0, 0.05) is 6.07 Å². The predicted octanol–water partition coefficient (Wildman–Crippen LogP) is 24.0. The van der Waals surface area contributed by atoms with E-state index in [9.17, 15) is 0 Å². The molecule has 0 aromatic heterocycles. The highest BCUT2D eigenvalue weighted by Gasteiger charge is 2.20. The lowest BCUT2D eigenvalue weighted by molar-refractivity contribution is 0.214. The van der Waals surface area contributed by atoms with E-state index in [1.165, 1.54) is 173 Å².